The Bertz CT molecular complexity index is 668. The van der Waals surface area contributed by atoms with Crippen molar-refractivity contribution in [1.82, 2.24) is 19.3 Å². The van der Waals surface area contributed by atoms with E-state index in [-0.39, 0.29) is 6.04 Å². The maximum absolute atomic E-state index is 6.32. The molecule has 0 saturated heterocycles. The highest BCUT2D eigenvalue weighted by Gasteiger charge is 2.15. The quantitative estimate of drug-likeness (QED) is 0.772. The molecule has 2 N–H and O–H groups in total. The Morgan fingerprint density at radius 3 is 2.63 bits per heavy atom. The zero-order valence-corrected chi connectivity index (χ0v) is 10.6. The lowest BCUT2D eigenvalue weighted by atomic mass is 10.1. The summed E-state index contributed by atoms with van der Waals surface area (Å²) in [6, 6.07) is 9.79. The van der Waals surface area contributed by atoms with E-state index >= 15 is 0 Å². The fourth-order valence-electron chi connectivity index (χ4n) is 2.11. The minimum absolute atomic E-state index is 0.205. The van der Waals surface area contributed by atoms with Gasteiger partial charge in [0.15, 0.2) is 0 Å². The van der Waals surface area contributed by atoms with Gasteiger partial charge >= 0.3 is 0 Å². The highest BCUT2D eigenvalue weighted by atomic mass is 15.3. The summed E-state index contributed by atoms with van der Waals surface area (Å²) in [4.78, 5) is 4.20. The van der Waals surface area contributed by atoms with Gasteiger partial charge in [0.1, 0.15) is 0 Å². The summed E-state index contributed by atoms with van der Waals surface area (Å²) >= 11 is 0. The molecule has 1 unspecified atom stereocenters. The van der Waals surface area contributed by atoms with E-state index in [1.54, 1.807) is 23.4 Å². The van der Waals surface area contributed by atoms with E-state index < -0.39 is 0 Å². The topological polar surface area (TPSA) is 61.7 Å². The van der Waals surface area contributed by atoms with Crippen molar-refractivity contribution in [3.63, 3.8) is 0 Å². The van der Waals surface area contributed by atoms with E-state index in [0.29, 0.717) is 0 Å². The molecule has 0 spiro atoms. The molecule has 0 bridgehead atoms. The lowest BCUT2D eigenvalue weighted by Gasteiger charge is -2.13. The van der Waals surface area contributed by atoms with Crippen LogP contribution in [0.3, 0.4) is 0 Å². The van der Waals surface area contributed by atoms with Crippen molar-refractivity contribution in [1.29, 1.82) is 0 Å². The third-order valence-electron chi connectivity index (χ3n) is 3.11. The molecule has 0 aliphatic heterocycles. The third-order valence-corrected chi connectivity index (χ3v) is 3.11. The van der Waals surface area contributed by atoms with Crippen molar-refractivity contribution >= 4 is 0 Å². The van der Waals surface area contributed by atoms with Crippen LogP contribution in [0.15, 0.2) is 55.2 Å². The van der Waals surface area contributed by atoms with Gasteiger partial charge < -0.3 is 5.73 Å². The monoisotopic (exact) mass is 253 g/mol. The van der Waals surface area contributed by atoms with Gasteiger partial charge in [0.2, 0.25) is 0 Å². The molecule has 1 aromatic carbocycles. The average Bonchev–Trinajstić information content (AvgIpc) is 3.07. The maximum Gasteiger partial charge on any atom is 0.0995 e. The summed E-state index contributed by atoms with van der Waals surface area (Å²) in [5.41, 5.74) is 9.28. The maximum atomic E-state index is 6.32. The van der Waals surface area contributed by atoms with Crippen molar-refractivity contribution in [2.75, 3.05) is 0 Å². The Balaban J connectivity index is 2.01. The van der Waals surface area contributed by atoms with Gasteiger partial charge in [0.25, 0.3) is 0 Å². The Morgan fingerprint density at radius 2 is 1.95 bits per heavy atom. The summed E-state index contributed by atoms with van der Waals surface area (Å²) in [6.07, 6.45) is 7.28. The fraction of sp³-hybridized carbons (Fsp3) is 0.143. The number of aryl methyl sites for hydroxylation is 1. The SMILES string of the molecule is Cn1cc(-n2cncc2C(N)c2ccccc2)cn1. The Kier molecular flexibility index (Phi) is 2.89. The van der Waals surface area contributed by atoms with Crippen LogP contribution in [0, 0.1) is 0 Å². The normalized spacial score (nSPS) is 12.5. The molecule has 0 amide bonds. The van der Waals surface area contributed by atoms with Gasteiger partial charge in [-0.05, 0) is 5.56 Å². The second-order valence-corrected chi connectivity index (χ2v) is 4.45. The van der Waals surface area contributed by atoms with Gasteiger partial charge in [-0.3, -0.25) is 9.25 Å². The lowest BCUT2D eigenvalue weighted by molar-refractivity contribution is 0.765. The van der Waals surface area contributed by atoms with Gasteiger partial charge in [-0.1, -0.05) is 30.3 Å². The minimum atomic E-state index is -0.205. The molecule has 96 valence electrons. The Hall–Kier alpha value is -2.40. The molecule has 0 fully saturated rings. The molecular formula is C14H15N5. The average molecular weight is 253 g/mol. The first-order valence-corrected chi connectivity index (χ1v) is 6.07. The highest BCUT2D eigenvalue weighted by Crippen LogP contribution is 2.21. The van der Waals surface area contributed by atoms with Gasteiger partial charge in [-0.25, -0.2) is 4.98 Å². The van der Waals surface area contributed by atoms with Crippen molar-refractivity contribution in [2.24, 2.45) is 12.8 Å². The Morgan fingerprint density at radius 1 is 1.16 bits per heavy atom. The number of rotatable bonds is 3. The minimum Gasteiger partial charge on any atom is -0.319 e. The number of nitrogens with zero attached hydrogens (tertiary/aromatic N) is 4. The predicted molar refractivity (Wildman–Crippen MR) is 72.8 cm³/mol. The van der Waals surface area contributed by atoms with E-state index in [1.807, 2.05) is 48.1 Å². The van der Waals surface area contributed by atoms with E-state index in [2.05, 4.69) is 10.1 Å². The summed E-state index contributed by atoms with van der Waals surface area (Å²) in [6.45, 7) is 0. The molecular weight excluding hydrogens is 238 g/mol. The van der Waals surface area contributed by atoms with Crippen molar-refractivity contribution in [3.8, 4) is 5.69 Å². The van der Waals surface area contributed by atoms with Crippen molar-refractivity contribution in [3.05, 3.63) is 66.5 Å². The van der Waals surface area contributed by atoms with Crippen LogP contribution < -0.4 is 5.73 Å². The zero-order valence-electron chi connectivity index (χ0n) is 10.6. The van der Waals surface area contributed by atoms with E-state index in [9.17, 15) is 0 Å². The van der Waals surface area contributed by atoms with Crippen LogP contribution in [0.4, 0.5) is 0 Å². The molecule has 5 heteroatoms. The van der Waals surface area contributed by atoms with Crippen LogP contribution in [0.1, 0.15) is 17.3 Å². The second-order valence-electron chi connectivity index (χ2n) is 4.45. The summed E-state index contributed by atoms with van der Waals surface area (Å²) in [7, 11) is 1.89. The molecule has 19 heavy (non-hydrogen) atoms. The molecule has 2 heterocycles. The van der Waals surface area contributed by atoms with E-state index in [4.69, 9.17) is 5.73 Å². The number of hydrogen-bond acceptors (Lipinski definition) is 3. The van der Waals surface area contributed by atoms with Gasteiger partial charge in [-0.2, -0.15) is 5.10 Å². The van der Waals surface area contributed by atoms with Crippen LogP contribution in [0.2, 0.25) is 0 Å². The number of nitrogens with two attached hydrogens (primary N) is 1. The lowest BCUT2D eigenvalue weighted by Crippen LogP contribution is -2.15. The standard InChI is InChI=1S/C14H15N5/c1-18-9-12(7-17-18)19-10-16-8-13(19)14(15)11-5-3-2-4-6-11/h2-10,14H,15H2,1H3. The summed E-state index contributed by atoms with van der Waals surface area (Å²) in [5, 5.41) is 4.17. The first kappa shape index (κ1) is 11.7. The molecule has 0 radical (unpaired) electrons. The number of aromatic nitrogens is 4. The van der Waals surface area contributed by atoms with Crippen LogP contribution in [0.25, 0.3) is 5.69 Å². The fourth-order valence-corrected chi connectivity index (χ4v) is 2.11. The van der Waals surface area contributed by atoms with Gasteiger partial charge in [0.05, 0.1) is 36.1 Å². The zero-order chi connectivity index (χ0) is 13.2. The van der Waals surface area contributed by atoms with Gasteiger partial charge in [-0.15, -0.1) is 0 Å². The molecule has 0 saturated carbocycles. The molecule has 2 aromatic heterocycles. The van der Waals surface area contributed by atoms with E-state index in [0.717, 1.165) is 16.9 Å². The molecule has 3 aromatic rings. The first-order chi connectivity index (χ1) is 9.25. The molecule has 0 aliphatic carbocycles. The molecule has 5 nitrogen and oxygen atoms in total. The van der Waals surface area contributed by atoms with Crippen LogP contribution in [0.5, 0.6) is 0 Å². The largest absolute Gasteiger partial charge is 0.319 e. The first-order valence-electron chi connectivity index (χ1n) is 6.07. The predicted octanol–water partition coefficient (Wildman–Crippen LogP) is 1.65. The smallest absolute Gasteiger partial charge is 0.0995 e. The van der Waals surface area contributed by atoms with Gasteiger partial charge in [0, 0.05) is 13.2 Å². The molecule has 1 atom stereocenters. The highest BCUT2D eigenvalue weighted by molar-refractivity contribution is 5.34. The van der Waals surface area contributed by atoms with Crippen LogP contribution >= 0.6 is 0 Å². The number of benzene rings is 1. The third kappa shape index (κ3) is 2.15. The van der Waals surface area contributed by atoms with Crippen LogP contribution in [-0.2, 0) is 7.05 Å². The number of hydrogen-bond donors (Lipinski definition) is 1. The summed E-state index contributed by atoms with van der Waals surface area (Å²) < 4.78 is 3.72. The molecule has 3 rings (SSSR count). The summed E-state index contributed by atoms with van der Waals surface area (Å²) in [5.74, 6) is 0. The van der Waals surface area contributed by atoms with Crippen LogP contribution in [-0.4, -0.2) is 19.3 Å². The Labute approximate surface area is 111 Å². The second kappa shape index (κ2) is 4.70. The van der Waals surface area contributed by atoms with Crippen molar-refractivity contribution in [2.45, 2.75) is 6.04 Å². The van der Waals surface area contributed by atoms with Crippen molar-refractivity contribution < 1.29 is 0 Å². The number of imidazole rings is 1. The van der Waals surface area contributed by atoms with E-state index in [1.165, 1.54) is 0 Å². The molecule has 0 aliphatic rings.